The number of nitrogens with zero attached hydrogens (tertiary/aromatic N) is 1. The average Bonchev–Trinajstić information content (AvgIpc) is 2.60. The number of aliphatic imine (C=N–C) groups is 1. The number of sulfone groups is 1. The molecular weight excluding hydrogens is 477 g/mol. The Morgan fingerprint density at radius 3 is 2.59 bits per heavy atom. The summed E-state index contributed by atoms with van der Waals surface area (Å²) in [5.41, 5.74) is 8.74. The number of ether oxygens (including phenoxy) is 1. The number of hydrogen-bond acceptors (Lipinski definition) is 4. The molecule has 0 amide bonds. The zero-order valence-corrected chi connectivity index (χ0v) is 18.2. The molecule has 3 rings (SSSR count). The summed E-state index contributed by atoms with van der Waals surface area (Å²) in [4.78, 5) is 4.40. The van der Waals surface area contributed by atoms with E-state index in [-0.39, 0.29) is 35.8 Å². The molecule has 1 unspecified atom stereocenters. The molecule has 0 bridgehead atoms. The van der Waals surface area contributed by atoms with Gasteiger partial charge in [-0.1, -0.05) is 42.5 Å². The summed E-state index contributed by atoms with van der Waals surface area (Å²) in [7, 11) is -3.10. The van der Waals surface area contributed by atoms with E-state index in [2.05, 4.69) is 10.3 Å². The van der Waals surface area contributed by atoms with Gasteiger partial charge in [-0.2, -0.15) is 0 Å². The van der Waals surface area contributed by atoms with Crippen molar-refractivity contribution in [2.45, 2.75) is 24.8 Å². The third kappa shape index (κ3) is 6.10. The number of guanidine groups is 1. The van der Waals surface area contributed by atoms with Gasteiger partial charge in [0.05, 0.1) is 24.9 Å². The molecule has 0 spiro atoms. The second-order valence-corrected chi connectivity index (χ2v) is 8.55. The average molecular weight is 501 g/mol. The second-order valence-electron chi connectivity index (χ2n) is 6.41. The lowest BCUT2D eigenvalue weighted by molar-refractivity contribution is 0.262. The number of halogens is 1. The van der Waals surface area contributed by atoms with Crippen LogP contribution in [-0.4, -0.2) is 27.2 Å². The molecule has 146 valence electrons. The third-order valence-corrected chi connectivity index (χ3v) is 5.07. The molecule has 27 heavy (non-hydrogen) atoms. The zero-order chi connectivity index (χ0) is 18.6. The summed E-state index contributed by atoms with van der Waals surface area (Å²) >= 11 is 0. The van der Waals surface area contributed by atoms with Crippen molar-refractivity contribution in [2.24, 2.45) is 10.7 Å². The summed E-state index contributed by atoms with van der Waals surface area (Å²) in [6.07, 6.45) is 2.03. The van der Waals surface area contributed by atoms with Crippen molar-refractivity contribution >= 4 is 39.8 Å². The first-order chi connectivity index (χ1) is 12.4. The van der Waals surface area contributed by atoms with Crippen LogP contribution in [0.25, 0.3) is 0 Å². The molecule has 1 aliphatic rings. The Balaban J connectivity index is 0.00000261. The summed E-state index contributed by atoms with van der Waals surface area (Å²) in [6.45, 7) is 0.953. The van der Waals surface area contributed by atoms with Gasteiger partial charge in [-0.15, -0.1) is 24.0 Å². The Bertz CT molecular complexity index is 916. The Morgan fingerprint density at radius 1 is 1.19 bits per heavy atom. The van der Waals surface area contributed by atoms with E-state index in [1.54, 1.807) is 0 Å². The standard InChI is InChI=1S/C19H23N3O3S.HI/c1-26(23,24)13-15-7-3-2-6-14(15)12-21-19(20)22-17-10-11-25-18-9-5-4-8-16(17)18;/h2-9,17H,10-13H2,1H3,(H3,20,21,22);1H. The lowest BCUT2D eigenvalue weighted by Crippen LogP contribution is -2.37. The number of fused-ring (bicyclic) bond motifs is 1. The van der Waals surface area contributed by atoms with E-state index in [4.69, 9.17) is 10.5 Å². The highest BCUT2D eigenvalue weighted by molar-refractivity contribution is 14.0. The van der Waals surface area contributed by atoms with Crippen LogP contribution in [0.1, 0.15) is 29.2 Å². The first kappa shape index (κ1) is 21.5. The van der Waals surface area contributed by atoms with Crippen LogP contribution in [-0.2, 0) is 22.1 Å². The van der Waals surface area contributed by atoms with Crippen LogP contribution in [0.3, 0.4) is 0 Å². The van der Waals surface area contributed by atoms with Crippen molar-refractivity contribution in [1.82, 2.24) is 5.32 Å². The Labute approximate surface area is 177 Å². The number of rotatable bonds is 5. The van der Waals surface area contributed by atoms with E-state index >= 15 is 0 Å². The maximum Gasteiger partial charge on any atom is 0.189 e. The minimum absolute atomic E-state index is 0. The molecule has 8 heteroatoms. The summed E-state index contributed by atoms with van der Waals surface area (Å²) < 4.78 is 28.8. The predicted molar refractivity (Wildman–Crippen MR) is 118 cm³/mol. The largest absolute Gasteiger partial charge is 0.493 e. The first-order valence-corrected chi connectivity index (χ1v) is 10.5. The lowest BCUT2D eigenvalue weighted by Gasteiger charge is -2.27. The molecule has 0 aromatic heterocycles. The van der Waals surface area contributed by atoms with Gasteiger partial charge in [-0.25, -0.2) is 13.4 Å². The van der Waals surface area contributed by atoms with E-state index in [1.807, 2.05) is 48.5 Å². The van der Waals surface area contributed by atoms with Crippen LogP contribution >= 0.6 is 24.0 Å². The van der Waals surface area contributed by atoms with E-state index in [0.29, 0.717) is 19.1 Å². The normalized spacial score (nSPS) is 16.6. The van der Waals surface area contributed by atoms with Crippen molar-refractivity contribution in [1.29, 1.82) is 0 Å². The molecule has 6 nitrogen and oxygen atoms in total. The highest BCUT2D eigenvalue weighted by atomic mass is 127. The molecule has 1 atom stereocenters. The molecular formula is C19H24IN3O3S. The predicted octanol–water partition coefficient (Wildman–Crippen LogP) is 2.78. The first-order valence-electron chi connectivity index (χ1n) is 8.45. The molecule has 2 aromatic carbocycles. The van der Waals surface area contributed by atoms with Crippen LogP contribution in [0, 0.1) is 0 Å². The van der Waals surface area contributed by atoms with Crippen molar-refractivity contribution in [3.63, 3.8) is 0 Å². The number of para-hydroxylation sites is 1. The third-order valence-electron chi connectivity index (χ3n) is 4.24. The van der Waals surface area contributed by atoms with Gasteiger partial charge in [0, 0.05) is 18.2 Å². The summed E-state index contributed by atoms with van der Waals surface area (Å²) in [5, 5.41) is 3.24. The molecule has 3 N–H and O–H groups in total. The maximum atomic E-state index is 11.6. The van der Waals surface area contributed by atoms with Crippen molar-refractivity contribution in [2.75, 3.05) is 12.9 Å². The highest BCUT2D eigenvalue weighted by Crippen LogP contribution is 2.31. The van der Waals surface area contributed by atoms with Gasteiger partial charge in [-0.05, 0) is 17.2 Å². The lowest BCUT2D eigenvalue weighted by atomic mass is 10.0. The van der Waals surface area contributed by atoms with E-state index in [0.717, 1.165) is 28.9 Å². The van der Waals surface area contributed by atoms with E-state index in [1.165, 1.54) is 6.26 Å². The fraction of sp³-hybridized carbons (Fsp3) is 0.316. The van der Waals surface area contributed by atoms with E-state index < -0.39 is 9.84 Å². The molecule has 0 saturated carbocycles. The molecule has 1 heterocycles. The van der Waals surface area contributed by atoms with Crippen molar-refractivity contribution in [3.8, 4) is 5.75 Å². The minimum atomic E-state index is -3.10. The fourth-order valence-electron chi connectivity index (χ4n) is 3.02. The zero-order valence-electron chi connectivity index (χ0n) is 15.1. The molecule has 1 aliphatic heterocycles. The quantitative estimate of drug-likeness (QED) is 0.374. The van der Waals surface area contributed by atoms with Gasteiger partial charge in [0.1, 0.15) is 5.75 Å². The van der Waals surface area contributed by atoms with Crippen molar-refractivity contribution in [3.05, 3.63) is 65.2 Å². The molecule has 0 aliphatic carbocycles. The second kappa shape index (κ2) is 9.41. The number of nitrogens with two attached hydrogens (primary N) is 1. The highest BCUT2D eigenvalue weighted by Gasteiger charge is 2.21. The number of hydrogen-bond donors (Lipinski definition) is 2. The van der Waals surface area contributed by atoms with Gasteiger partial charge in [0.15, 0.2) is 15.8 Å². The minimum Gasteiger partial charge on any atom is -0.493 e. The Kier molecular flexibility index (Phi) is 7.49. The van der Waals surface area contributed by atoms with Gasteiger partial charge in [0.25, 0.3) is 0 Å². The van der Waals surface area contributed by atoms with Gasteiger partial charge < -0.3 is 15.8 Å². The number of nitrogens with one attached hydrogen (secondary N) is 1. The maximum absolute atomic E-state index is 11.6. The smallest absolute Gasteiger partial charge is 0.189 e. The molecule has 0 saturated heterocycles. The monoisotopic (exact) mass is 501 g/mol. The van der Waals surface area contributed by atoms with Gasteiger partial charge >= 0.3 is 0 Å². The fourth-order valence-corrected chi connectivity index (χ4v) is 3.87. The van der Waals surface area contributed by atoms with Crippen LogP contribution in [0.4, 0.5) is 0 Å². The Morgan fingerprint density at radius 2 is 1.85 bits per heavy atom. The van der Waals surface area contributed by atoms with Gasteiger partial charge in [-0.3, -0.25) is 0 Å². The van der Waals surface area contributed by atoms with Crippen molar-refractivity contribution < 1.29 is 13.2 Å². The van der Waals surface area contributed by atoms with Crippen LogP contribution < -0.4 is 15.8 Å². The number of benzene rings is 2. The van der Waals surface area contributed by atoms with Crippen LogP contribution in [0.2, 0.25) is 0 Å². The van der Waals surface area contributed by atoms with Crippen LogP contribution in [0.15, 0.2) is 53.5 Å². The summed E-state index contributed by atoms with van der Waals surface area (Å²) in [5.74, 6) is 1.20. The van der Waals surface area contributed by atoms with Crippen LogP contribution in [0.5, 0.6) is 5.75 Å². The van der Waals surface area contributed by atoms with E-state index in [9.17, 15) is 8.42 Å². The molecule has 0 radical (unpaired) electrons. The molecule has 0 fully saturated rings. The Hall–Kier alpha value is -1.81. The SMILES string of the molecule is CS(=O)(=O)Cc1ccccc1CN=C(N)NC1CCOc2ccccc21.I. The summed E-state index contributed by atoms with van der Waals surface area (Å²) in [6, 6.07) is 15.3. The molecule has 2 aromatic rings. The van der Waals surface area contributed by atoms with Gasteiger partial charge in [0.2, 0.25) is 0 Å². The topological polar surface area (TPSA) is 93.8 Å².